The van der Waals surface area contributed by atoms with Gasteiger partial charge in [0, 0.05) is 30.9 Å². The second-order valence-corrected chi connectivity index (χ2v) is 9.48. The molecule has 2 aliphatic heterocycles. The summed E-state index contributed by atoms with van der Waals surface area (Å²) in [5.41, 5.74) is 5.89. The van der Waals surface area contributed by atoms with E-state index in [1.54, 1.807) is 0 Å². The summed E-state index contributed by atoms with van der Waals surface area (Å²) in [5, 5.41) is 19.2. The second-order valence-electron chi connectivity index (χ2n) is 9.48. The van der Waals surface area contributed by atoms with Crippen LogP contribution in [0.2, 0.25) is 0 Å². The van der Waals surface area contributed by atoms with Crippen molar-refractivity contribution < 1.29 is 19.8 Å². The zero-order chi connectivity index (χ0) is 24.9. The van der Waals surface area contributed by atoms with E-state index < -0.39 is 11.9 Å². The van der Waals surface area contributed by atoms with Gasteiger partial charge in [0.25, 0.3) is 0 Å². The van der Waals surface area contributed by atoms with Crippen LogP contribution in [0.25, 0.3) is 0 Å². The van der Waals surface area contributed by atoms with Gasteiger partial charge in [0.1, 0.15) is 0 Å². The van der Waals surface area contributed by atoms with Gasteiger partial charge in [0.05, 0.1) is 0 Å². The molecule has 1 fully saturated rings. The zero-order valence-corrected chi connectivity index (χ0v) is 20.5. The summed E-state index contributed by atoms with van der Waals surface area (Å²) in [6.45, 7) is 4.79. The molecule has 0 aromatic heterocycles. The van der Waals surface area contributed by atoms with Gasteiger partial charge in [0.15, 0.2) is 0 Å². The van der Waals surface area contributed by atoms with Crippen LogP contribution in [0.5, 0.6) is 0 Å². The Morgan fingerprint density at radius 1 is 0.943 bits per heavy atom. The fraction of sp³-hybridized carbons (Fsp3) is 0.448. The number of benzene rings is 2. The van der Waals surface area contributed by atoms with Crippen LogP contribution >= 0.6 is 0 Å². The highest BCUT2D eigenvalue weighted by Gasteiger charge is 2.19. The highest BCUT2D eigenvalue weighted by atomic mass is 16.4. The third kappa shape index (κ3) is 9.95. The van der Waals surface area contributed by atoms with Crippen molar-refractivity contribution in [2.75, 3.05) is 25.0 Å². The van der Waals surface area contributed by atoms with Crippen LogP contribution in [0.4, 0.5) is 5.69 Å². The number of nitrogens with zero attached hydrogens (tertiary/aromatic N) is 1. The molecule has 35 heavy (non-hydrogen) atoms. The molecule has 6 heteroatoms. The molecule has 0 spiro atoms. The SMILES string of the molecule is O=C(O)/C=C/C(=O)O.c1ccc(CN2CCC(CCCc3ccc4c(c3)NCCCC4)CC2)cc1. The van der Waals surface area contributed by atoms with Crippen molar-refractivity contribution in [3.63, 3.8) is 0 Å². The maximum atomic E-state index is 9.55. The van der Waals surface area contributed by atoms with E-state index in [1.807, 2.05) is 0 Å². The molecule has 2 aromatic carbocycles. The molecule has 0 aliphatic carbocycles. The molecule has 1 saturated heterocycles. The maximum absolute atomic E-state index is 9.55. The van der Waals surface area contributed by atoms with Crippen LogP contribution in [-0.4, -0.2) is 46.7 Å². The Morgan fingerprint density at radius 2 is 1.66 bits per heavy atom. The number of anilines is 1. The minimum absolute atomic E-state index is 0.558. The molecular formula is C29H38N2O4. The Balaban J connectivity index is 0.000000371. The third-order valence-corrected chi connectivity index (χ3v) is 6.77. The normalized spacial score (nSPS) is 16.5. The summed E-state index contributed by atoms with van der Waals surface area (Å²) in [4.78, 5) is 21.7. The lowest BCUT2D eigenvalue weighted by atomic mass is 9.90. The first-order valence-electron chi connectivity index (χ1n) is 12.8. The van der Waals surface area contributed by atoms with Gasteiger partial charge in [0.2, 0.25) is 0 Å². The average molecular weight is 479 g/mol. The van der Waals surface area contributed by atoms with E-state index in [-0.39, 0.29) is 0 Å². The van der Waals surface area contributed by atoms with Crippen molar-refractivity contribution in [1.82, 2.24) is 4.90 Å². The Morgan fingerprint density at radius 3 is 2.34 bits per heavy atom. The van der Waals surface area contributed by atoms with Gasteiger partial charge in [-0.05, 0) is 86.7 Å². The van der Waals surface area contributed by atoms with E-state index in [4.69, 9.17) is 10.2 Å². The quantitative estimate of drug-likeness (QED) is 0.441. The number of likely N-dealkylation sites (tertiary alicyclic amines) is 1. The lowest BCUT2D eigenvalue weighted by Gasteiger charge is -2.32. The van der Waals surface area contributed by atoms with Crippen LogP contribution in [0.1, 0.15) is 55.2 Å². The van der Waals surface area contributed by atoms with Gasteiger partial charge in [-0.2, -0.15) is 0 Å². The molecule has 0 atom stereocenters. The van der Waals surface area contributed by atoms with E-state index in [0.29, 0.717) is 12.2 Å². The van der Waals surface area contributed by atoms with Crippen molar-refractivity contribution >= 4 is 17.6 Å². The number of carboxylic acids is 2. The monoisotopic (exact) mass is 478 g/mol. The molecule has 2 aliphatic rings. The number of rotatable bonds is 8. The van der Waals surface area contributed by atoms with E-state index in [9.17, 15) is 9.59 Å². The molecule has 0 bridgehead atoms. The van der Waals surface area contributed by atoms with Crippen LogP contribution in [0, 0.1) is 5.92 Å². The van der Waals surface area contributed by atoms with Crippen molar-refractivity contribution in [3.8, 4) is 0 Å². The smallest absolute Gasteiger partial charge is 0.328 e. The van der Waals surface area contributed by atoms with Gasteiger partial charge in [-0.1, -0.05) is 48.9 Å². The van der Waals surface area contributed by atoms with Gasteiger partial charge < -0.3 is 15.5 Å². The molecule has 0 unspecified atom stereocenters. The Hall–Kier alpha value is -3.12. The number of carboxylic acid groups (broad SMARTS) is 2. The third-order valence-electron chi connectivity index (χ3n) is 6.77. The van der Waals surface area contributed by atoms with Crippen LogP contribution < -0.4 is 5.32 Å². The first-order valence-corrected chi connectivity index (χ1v) is 12.8. The van der Waals surface area contributed by atoms with Gasteiger partial charge in [-0.25, -0.2) is 9.59 Å². The predicted molar refractivity (Wildman–Crippen MR) is 140 cm³/mol. The molecule has 188 valence electrons. The molecule has 3 N–H and O–H groups in total. The fourth-order valence-corrected chi connectivity index (χ4v) is 4.84. The minimum Gasteiger partial charge on any atom is -0.478 e. The topological polar surface area (TPSA) is 89.9 Å². The molecule has 0 saturated carbocycles. The minimum atomic E-state index is -1.26. The molecular weight excluding hydrogens is 440 g/mol. The zero-order valence-electron chi connectivity index (χ0n) is 20.5. The average Bonchev–Trinajstić information content (AvgIpc) is 3.10. The van der Waals surface area contributed by atoms with Gasteiger partial charge in [-0.3, -0.25) is 4.90 Å². The highest BCUT2D eigenvalue weighted by Crippen LogP contribution is 2.26. The van der Waals surface area contributed by atoms with Crippen LogP contribution in [0.3, 0.4) is 0 Å². The first-order chi connectivity index (χ1) is 17.0. The number of fused-ring (bicyclic) bond motifs is 1. The molecule has 4 rings (SSSR count). The summed E-state index contributed by atoms with van der Waals surface area (Å²) in [6.07, 6.45) is 11.7. The number of aryl methyl sites for hydroxylation is 2. The number of aliphatic carboxylic acids is 2. The Bertz CT molecular complexity index is 950. The molecule has 6 nitrogen and oxygen atoms in total. The number of nitrogens with one attached hydrogen (secondary N) is 1. The number of piperidine rings is 1. The van der Waals surface area contributed by atoms with E-state index in [1.165, 1.54) is 86.8 Å². The van der Waals surface area contributed by atoms with E-state index in [0.717, 1.165) is 19.0 Å². The number of carbonyl (C=O) groups is 2. The highest BCUT2D eigenvalue weighted by molar-refractivity contribution is 5.89. The summed E-state index contributed by atoms with van der Waals surface area (Å²) in [7, 11) is 0. The van der Waals surface area contributed by atoms with Crippen molar-refractivity contribution in [2.45, 2.75) is 57.9 Å². The van der Waals surface area contributed by atoms with Crippen molar-refractivity contribution in [1.29, 1.82) is 0 Å². The van der Waals surface area contributed by atoms with Crippen LogP contribution in [-0.2, 0) is 29.0 Å². The Kier molecular flexibility index (Phi) is 10.8. The molecule has 0 amide bonds. The second kappa shape index (κ2) is 14.3. The van der Waals surface area contributed by atoms with Gasteiger partial charge in [-0.15, -0.1) is 0 Å². The largest absolute Gasteiger partial charge is 0.478 e. The first kappa shape index (κ1) is 26.5. The molecule has 2 aromatic rings. The molecule has 2 heterocycles. The van der Waals surface area contributed by atoms with Crippen molar-refractivity contribution in [2.24, 2.45) is 5.92 Å². The van der Waals surface area contributed by atoms with Gasteiger partial charge >= 0.3 is 11.9 Å². The lowest BCUT2D eigenvalue weighted by Crippen LogP contribution is -2.33. The predicted octanol–water partition coefficient (Wildman–Crippen LogP) is 5.38. The summed E-state index contributed by atoms with van der Waals surface area (Å²) >= 11 is 0. The number of hydrogen-bond donors (Lipinski definition) is 3. The van der Waals surface area contributed by atoms with E-state index in [2.05, 4.69) is 58.7 Å². The number of hydrogen-bond acceptors (Lipinski definition) is 4. The summed E-state index contributed by atoms with van der Waals surface area (Å²) in [6, 6.07) is 18.1. The summed E-state index contributed by atoms with van der Waals surface area (Å²) < 4.78 is 0. The van der Waals surface area contributed by atoms with Crippen LogP contribution in [0.15, 0.2) is 60.7 Å². The van der Waals surface area contributed by atoms with E-state index >= 15 is 0 Å². The fourth-order valence-electron chi connectivity index (χ4n) is 4.84. The Labute approximate surface area is 208 Å². The van der Waals surface area contributed by atoms with Crippen molar-refractivity contribution in [3.05, 3.63) is 77.4 Å². The lowest BCUT2D eigenvalue weighted by molar-refractivity contribution is -0.134. The maximum Gasteiger partial charge on any atom is 0.328 e. The molecule has 0 radical (unpaired) electrons. The summed E-state index contributed by atoms with van der Waals surface area (Å²) in [5.74, 6) is -1.59. The standard InChI is InChI=1S/C25H34N2.C4H4O4/c1-2-7-23(8-3-1)20-27-17-14-21(15-18-27)9-6-10-22-12-13-24-11-4-5-16-26-25(24)19-22;5-3(6)1-2-4(7)8/h1-3,7-8,12-13,19,21,26H,4-6,9-11,14-18,20H2;1-2H,(H,5,6)(H,7,8)/b;2-1+.